The summed E-state index contributed by atoms with van der Waals surface area (Å²) in [6, 6.07) is 9.77. The van der Waals surface area contributed by atoms with Gasteiger partial charge in [0.15, 0.2) is 15.0 Å². The van der Waals surface area contributed by atoms with Crippen molar-refractivity contribution < 1.29 is 13.2 Å². The second-order valence-corrected chi connectivity index (χ2v) is 8.92. The fraction of sp³-hybridized carbons (Fsp3) is 0.467. The van der Waals surface area contributed by atoms with E-state index in [0.717, 1.165) is 5.56 Å². The van der Waals surface area contributed by atoms with E-state index >= 15 is 0 Å². The first-order valence-corrected chi connectivity index (χ1v) is 9.98. The van der Waals surface area contributed by atoms with Crippen molar-refractivity contribution >= 4 is 32.7 Å². The maximum absolute atomic E-state index is 11.9. The minimum absolute atomic E-state index is 0.0166. The standard InChI is InChI=1S/C15H18N2O3S2/c1-2-14(18)16-15-17(8-11-6-4-3-5-7-11)12-9-22(19,20)10-13(12)21-15/h3-7,12-13H,2,8-10H2,1H3/t12-,13-/m0/s1. The molecule has 118 valence electrons. The van der Waals surface area contributed by atoms with Crippen LogP contribution in [0, 0.1) is 0 Å². The third-order valence-corrected chi connectivity index (χ3v) is 7.14. The molecular formula is C15H18N2O3S2. The molecule has 0 aromatic heterocycles. The molecule has 2 fully saturated rings. The fourth-order valence-electron chi connectivity index (χ4n) is 2.79. The summed E-state index contributed by atoms with van der Waals surface area (Å²) in [6.07, 6.45) is 0.358. The number of nitrogens with zero attached hydrogens (tertiary/aromatic N) is 2. The molecule has 2 aliphatic rings. The third-order valence-electron chi connectivity index (χ3n) is 3.89. The molecule has 0 bridgehead atoms. The zero-order chi connectivity index (χ0) is 15.7. The molecule has 0 unspecified atom stereocenters. The van der Waals surface area contributed by atoms with Gasteiger partial charge in [-0.3, -0.25) is 4.79 Å². The van der Waals surface area contributed by atoms with E-state index in [1.54, 1.807) is 6.92 Å². The van der Waals surface area contributed by atoms with Crippen LogP contribution in [-0.4, -0.2) is 47.2 Å². The number of aliphatic imine (C=N–C) groups is 1. The summed E-state index contributed by atoms with van der Waals surface area (Å²) >= 11 is 1.43. The Balaban J connectivity index is 1.89. The molecule has 0 spiro atoms. The number of fused-ring (bicyclic) bond motifs is 1. The molecule has 2 atom stereocenters. The first-order chi connectivity index (χ1) is 10.5. The highest BCUT2D eigenvalue weighted by Gasteiger charge is 2.48. The number of sulfone groups is 1. The smallest absolute Gasteiger partial charge is 0.247 e. The number of hydrogen-bond donors (Lipinski definition) is 0. The summed E-state index contributed by atoms with van der Waals surface area (Å²) in [5.41, 5.74) is 1.09. The Bertz CT molecular complexity index is 701. The monoisotopic (exact) mass is 338 g/mol. The lowest BCUT2D eigenvalue weighted by Crippen LogP contribution is -2.37. The molecule has 1 amide bonds. The summed E-state index contributed by atoms with van der Waals surface area (Å²) in [6.45, 7) is 2.36. The summed E-state index contributed by atoms with van der Waals surface area (Å²) in [5, 5.41) is 0.651. The Kier molecular flexibility index (Phi) is 4.27. The van der Waals surface area contributed by atoms with Crippen molar-refractivity contribution in [3.05, 3.63) is 35.9 Å². The Hall–Kier alpha value is -1.34. The van der Waals surface area contributed by atoms with Crippen molar-refractivity contribution in [2.45, 2.75) is 31.2 Å². The van der Waals surface area contributed by atoms with Gasteiger partial charge in [0.25, 0.3) is 0 Å². The average Bonchev–Trinajstić information content (AvgIpc) is 2.93. The van der Waals surface area contributed by atoms with Crippen molar-refractivity contribution in [3.8, 4) is 0 Å². The lowest BCUT2D eigenvalue weighted by Gasteiger charge is -2.24. The van der Waals surface area contributed by atoms with Crippen molar-refractivity contribution in [1.82, 2.24) is 4.90 Å². The van der Waals surface area contributed by atoms with Gasteiger partial charge in [0.2, 0.25) is 5.91 Å². The van der Waals surface area contributed by atoms with E-state index in [-0.39, 0.29) is 28.7 Å². The quantitative estimate of drug-likeness (QED) is 0.839. The van der Waals surface area contributed by atoms with Crippen LogP contribution in [0.15, 0.2) is 35.3 Å². The molecule has 0 aliphatic carbocycles. The van der Waals surface area contributed by atoms with Crippen LogP contribution >= 0.6 is 11.8 Å². The molecule has 3 rings (SSSR count). The lowest BCUT2D eigenvalue weighted by molar-refractivity contribution is -0.117. The average molecular weight is 338 g/mol. The number of carbonyl (C=O) groups is 1. The summed E-state index contributed by atoms with van der Waals surface area (Å²) in [5.74, 6) is 0.160. The second-order valence-electron chi connectivity index (χ2n) is 5.56. The predicted molar refractivity (Wildman–Crippen MR) is 88.5 cm³/mol. The predicted octanol–water partition coefficient (Wildman–Crippen LogP) is 1.69. The van der Waals surface area contributed by atoms with E-state index in [2.05, 4.69) is 4.99 Å². The number of benzene rings is 1. The van der Waals surface area contributed by atoms with Crippen LogP contribution in [-0.2, 0) is 21.2 Å². The van der Waals surface area contributed by atoms with Gasteiger partial charge in [-0.05, 0) is 5.56 Å². The Morgan fingerprint density at radius 2 is 2.05 bits per heavy atom. The van der Waals surface area contributed by atoms with Crippen molar-refractivity contribution in [2.75, 3.05) is 11.5 Å². The van der Waals surface area contributed by atoms with Gasteiger partial charge in [0, 0.05) is 18.2 Å². The maximum Gasteiger partial charge on any atom is 0.247 e. The zero-order valence-corrected chi connectivity index (χ0v) is 13.9. The van der Waals surface area contributed by atoms with E-state index in [0.29, 0.717) is 18.1 Å². The molecule has 1 aromatic carbocycles. The van der Waals surface area contributed by atoms with Gasteiger partial charge in [-0.25, -0.2) is 8.42 Å². The summed E-state index contributed by atoms with van der Waals surface area (Å²) < 4.78 is 23.8. The molecule has 1 aromatic rings. The molecule has 7 heteroatoms. The minimum atomic E-state index is -2.99. The third kappa shape index (κ3) is 3.20. The highest BCUT2D eigenvalue weighted by atomic mass is 32.2. The van der Waals surface area contributed by atoms with Gasteiger partial charge >= 0.3 is 0 Å². The number of thioether (sulfide) groups is 1. The lowest BCUT2D eigenvalue weighted by atomic mass is 10.1. The van der Waals surface area contributed by atoms with Gasteiger partial charge in [0.05, 0.1) is 17.5 Å². The molecule has 2 aliphatic heterocycles. The van der Waals surface area contributed by atoms with Crippen molar-refractivity contribution in [3.63, 3.8) is 0 Å². The highest BCUT2D eigenvalue weighted by Crippen LogP contribution is 2.39. The normalized spacial score (nSPS) is 28.0. The van der Waals surface area contributed by atoms with Crippen molar-refractivity contribution in [1.29, 1.82) is 0 Å². The Labute approximate surface area is 134 Å². The van der Waals surface area contributed by atoms with E-state index in [1.807, 2.05) is 35.2 Å². The number of amidine groups is 1. The van der Waals surface area contributed by atoms with Gasteiger partial charge in [0.1, 0.15) is 0 Å². The SMILES string of the molecule is CCC(=O)N=C1S[C@H]2CS(=O)(=O)C[C@@H]2N1Cc1ccccc1. The van der Waals surface area contributed by atoms with Crippen molar-refractivity contribution in [2.24, 2.45) is 4.99 Å². The number of carbonyl (C=O) groups excluding carboxylic acids is 1. The molecule has 2 heterocycles. The molecule has 0 saturated carbocycles. The van der Waals surface area contributed by atoms with Crippen LogP contribution in [0.3, 0.4) is 0 Å². The first kappa shape index (κ1) is 15.6. The topological polar surface area (TPSA) is 66.8 Å². The van der Waals surface area contributed by atoms with Gasteiger partial charge < -0.3 is 4.90 Å². The van der Waals surface area contributed by atoms with Gasteiger partial charge in [-0.15, -0.1) is 0 Å². The summed E-state index contributed by atoms with van der Waals surface area (Å²) in [4.78, 5) is 17.8. The van der Waals surface area contributed by atoms with Crippen LogP contribution in [0.5, 0.6) is 0 Å². The van der Waals surface area contributed by atoms with E-state index < -0.39 is 9.84 Å². The Morgan fingerprint density at radius 1 is 1.32 bits per heavy atom. The fourth-order valence-corrected chi connectivity index (χ4v) is 6.75. The second kappa shape index (κ2) is 6.04. The van der Waals surface area contributed by atoms with E-state index in [4.69, 9.17) is 0 Å². The van der Waals surface area contributed by atoms with Crippen LogP contribution in [0.25, 0.3) is 0 Å². The van der Waals surface area contributed by atoms with Gasteiger partial charge in [-0.1, -0.05) is 49.0 Å². The molecule has 0 N–H and O–H groups in total. The molecular weight excluding hydrogens is 320 g/mol. The number of hydrogen-bond acceptors (Lipinski definition) is 4. The van der Waals surface area contributed by atoms with Crippen LogP contribution in [0.4, 0.5) is 0 Å². The molecule has 22 heavy (non-hydrogen) atoms. The number of rotatable bonds is 3. The molecule has 0 radical (unpaired) electrons. The van der Waals surface area contributed by atoms with Crippen LogP contribution in [0.1, 0.15) is 18.9 Å². The number of amides is 1. The van der Waals surface area contributed by atoms with E-state index in [9.17, 15) is 13.2 Å². The molecule has 5 nitrogen and oxygen atoms in total. The zero-order valence-electron chi connectivity index (χ0n) is 12.3. The first-order valence-electron chi connectivity index (χ1n) is 7.27. The molecule has 2 saturated heterocycles. The van der Waals surface area contributed by atoms with Crippen LogP contribution in [0.2, 0.25) is 0 Å². The minimum Gasteiger partial charge on any atom is -0.342 e. The summed E-state index contributed by atoms with van der Waals surface area (Å²) in [7, 11) is -2.99. The maximum atomic E-state index is 11.9. The largest absolute Gasteiger partial charge is 0.342 e. The Morgan fingerprint density at radius 3 is 2.73 bits per heavy atom. The van der Waals surface area contributed by atoms with Gasteiger partial charge in [-0.2, -0.15) is 4.99 Å². The highest BCUT2D eigenvalue weighted by molar-refractivity contribution is 8.15. The van der Waals surface area contributed by atoms with Crippen LogP contribution < -0.4 is 0 Å². The van der Waals surface area contributed by atoms with E-state index in [1.165, 1.54) is 11.8 Å².